The molecule has 5 amide bonds. The lowest BCUT2D eigenvalue weighted by molar-refractivity contribution is -0.136. The van der Waals surface area contributed by atoms with Gasteiger partial charge in [0.05, 0.1) is 35.5 Å². The van der Waals surface area contributed by atoms with Crippen LogP contribution in [0.15, 0.2) is 35.1 Å². The Morgan fingerprint density at radius 3 is 2.47 bits per heavy atom. The molecule has 1 aromatic heterocycles. The van der Waals surface area contributed by atoms with E-state index >= 15 is 0 Å². The summed E-state index contributed by atoms with van der Waals surface area (Å²) < 4.78 is 20.9. The third-order valence-corrected chi connectivity index (χ3v) is 11.7. The quantitative estimate of drug-likeness (QED) is 0.260. The standard InChI is InChI=1S/C38H39FN6O7S/c1-22(46)44-15-8-24(9-16-44)20-52-25-18-29(39)34-30(19-25)40-32(41-36(34)49)21-53-26-10-13-43(14-11-26)12-2-3-23-4-5-27-28(17-23)38(51)45(37(27)50)31-6-7-33(47)42-35(31)48/h4-5,17-19,24,26,31H,6-16,20-21H2,1H3,(H,40,41,49)(H,42,47,48). The molecular formula is C38H39FN6O7S. The maximum absolute atomic E-state index is 15.0. The average Bonchev–Trinajstić information content (AvgIpc) is 3.38. The van der Waals surface area contributed by atoms with Crippen molar-refractivity contribution in [1.29, 1.82) is 0 Å². The molecule has 2 aromatic carbocycles. The second kappa shape index (κ2) is 15.5. The SMILES string of the molecule is CC(=O)N1CCC(COc2cc(F)c3c(=O)[nH]c(CSC4CCN(CC#Cc5ccc6c(c5)C(=O)N(C5CCC(=O)NC5=O)C6=O)CC4)nc3c2)CC1. The minimum Gasteiger partial charge on any atom is -0.493 e. The van der Waals surface area contributed by atoms with Gasteiger partial charge in [0.1, 0.15) is 28.8 Å². The number of likely N-dealkylation sites (tertiary alicyclic amines) is 2. The van der Waals surface area contributed by atoms with Gasteiger partial charge in [-0.05, 0) is 56.2 Å². The van der Waals surface area contributed by atoms with E-state index in [2.05, 4.69) is 32.0 Å². The number of hydrogen-bond acceptors (Lipinski definition) is 10. The number of ether oxygens (including phenoxy) is 1. The Labute approximate surface area is 309 Å². The van der Waals surface area contributed by atoms with E-state index in [-0.39, 0.29) is 46.7 Å². The molecule has 0 spiro atoms. The number of nitrogens with zero attached hydrogens (tertiary/aromatic N) is 4. The first kappa shape index (κ1) is 36.3. The lowest BCUT2D eigenvalue weighted by Gasteiger charge is -2.31. The number of amides is 5. The maximum Gasteiger partial charge on any atom is 0.262 e. The fourth-order valence-electron chi connectivity index (χ4n) is 7.26. The Balaban J connectivity index is 0.892. The monoisotopic (exact) mass is 742 g/mol. The van der Waals surface area contributed by atoms with E-state index in [1.54, 1.807) is 43.0 Å². The second-order valence-corrected chi connectivity index (χ2v) is 15.2. The summed E-state index contributed by atoms with van der Waals surface area (Å²) in [7, 11) is 0. The molecule has 0 radical (unpaired) electrons. The third-order valence-electron chi connectivity index (χ3n) is 10.3. The molecule has 0 saturated carbocycles. The normalized spacial score (nSPS) is 20.0. The van der Waals surface area contributed by atoms with Crippen LogP contribution < -0.4 is 15.6 Å². The summed E-state index contributed by atoms with van der Waals surface area (Å²) >= 11 is 1.70. The summed E-state index contributed by atoms with van der Waals surface area (Å²) in [5.74, 6) is 4.99. The van der Waals surface area contributed by atoms with E-state index in [0.29, 0.717) is 54.4 Å². The van der Waals surface area contributed by atoms with Gasteiger partial charge in [0.25, 0.3) is 17.4 Å². The van der Waals surface area contributed by atoms with Gasteiger partial charge in [-0.3, -0.25) is 43.9 Å². The molecule has 3 fully saturated rings. The molecule has 3 saturated heterocycles. The third kappa shape index (κ3) is 7.98. The van der Waals surface area contributed by atoms with E-state index in [4.69, 9.17) is 4.74 Å². The smallest absolute Gasteiger partial charge is 0.262 e. The van der Waals surface area contributed by atoms with Crippen molar-refractivity contribution in [2.45, 2.75) is 62.5 Å². The molecule has 1 unspecified atom stereocenters. The zero-order chi connectivity index (χ0) is 37.2. The number of nitrogens with one attached hydrogen (secondary N) is 2. The maximum atomic E-state index is 15.0. The number of carbonyl (C=O) groups excluding carboxylic acids is 5. The van der Waals surface area contributed by atoms with Crippen LogP contribution in [-0.2, 0) is 20.1 Å². The van der Waals surface area contributed by atoms with Gasteiger partial charge in [0.15, 0.2) is 0 Å². The first-order chi connectivity index (χ1) is 25.5. The second-order valence-electron chi connectivity index (χ2n) is 13.9. The van der Waals surface area contributed by atoms with Crippen molar-refractivity contribution < 1.29 is 33.1 Å². The van der Waals surface area contributed by atoms with Crippen LogP contribution in [0.25, 0.3) is 10.9 Å². The van der Waals surface area contributed by atoms with Crippen molar-refractivity contribution in [2.75, 3.05) is 39.3 Å². The van der Waals surface area contributed by atoms with E-state index < -0.39 is 41.0 Å². The number of thioether (sulfide) groups is 1. The van der Waals surface area contributed by atoms with Crippen molar-refractivity contribution >= 4 is 52.2 Å². The fourth-order valence-corrected chi connectivity index (χ4v) is 8.34. The van der Waals surface area contributed by atoms with Gasteiger partial charge in [0, 0.05) is 62.5 Å². The van der Waals surface area contributed by atoms with E-state index in [9.17, 15) is 33.2 Å². The molecule has 276 valence electrons. The van der Waals surface area contributed by atoms with E-state index in [1.165, 1.54) is 6.07 Å². The largest absolute Gasteiger partial charge is 0.493 e. The molecule has 5 heterocycles. The summed E-state index contributed by atoms with van der Waals surface area (Å²) in [6, 6.07) is 6.64. The molecule has 3 aromatic rings. The molecule has 53 heavy (non-hydrogen) atoms. The first-order valence-corrected chi connectivity index (χ1v) is 18.9. The molecule has 1 atom stereocenters. The van der Waals surface area contributed by atoms with Crippen LogP contribution in [0.2, 0.25) is 0 Å². The van der Waals surface area contributed by atoms with Gasteiger partial charge in [-0.15, -0.1) is 0 Å². The summed E-state index contributed by atoms with van der Waals surface area (Å²) in [4.78, 5) is 86.6. The zero-order valence-electron chi connectivity index (χ0n) is 29.2. The minimum atomic E-state index is -1.01. The number of rotatable bonds is 8. The lowest BCUT2D eigenvalue weighted by atomic mass is 9.98. The highest BCUT2D eigenvalue weighted by Crippen LogP contribution is 2.30. The van der Waals surface area contributed by atoms with Crippen LogP contribution in [0.1, 0.15) is 77.6 Å². The van der Waals surface area contributed by atoms with Crippen LogP contribution in [0.3, 0.4) is 0 Å². The van der Waals surface area contributed by atoms with Crippen molar-refractivity contribution in [3.63, 3.8) is 0 Å². The summed E-state index contributed by atoms with van der Waals surface area (Å²) in [6.45, 7) is 5.51. The number of fused-ring (bicyclic) bond motifs is 2. The van der Waals surface area contributed by atoms with Crippen molar-refractivity contribution in [2.24, 2.45) is 5.92 Å². The van der Waals surface area contributed by atoms with Crippen LogP contribution in [0.5, 0.6) is 5.75 Å². The Hall–Kier alpha value is -5.07. The number of imide groups is 2. The Morgan fingerprint density at radius 1 is 0.981 bits per heavy atom. The van der Waals surface area contributed by atoms with E-state index in [1.807, 2.05) is 4.90 Å². The number of piperidine rings is 3. The van der Waals surface area contributed by atoms with Crippen LogP contribution in [-0.4, -0.2) is 105 Å². The summed E-state index contributed by atoms with van der Waals surface area (Å²) in [5.41, 5.74) is 0.732. The molecule has 0 bridgehead atoms. The lowest BCUT2D eigenvalue weighted by Crippen LogP contribution is -2.54. The molecule has 15 heteroatoms. The highest BCUT2D eigenvalue weighted by molar-refractivity contribution is 7.99. The molecule has 7 rings (SSSR count). The number of hydrogen-bond donors (Lipinski definition) is 2. The predicted octanol–water partition coefficient (Wildman–Crippen LogP) is 2.85. The fraction of sp³-hybridized carbons (Fsp3) is 0.447. The minimum absolute atomic E-state index is 0.0604. The summed E-state index contributed by atoms with van der Waals surface area (Å²) in [6.07, 6.45) is 3.62. The number of halogens is 1. The van der Waals surface area contributed by atoms with Gasteiger partial charge in [0.2, 0.25) is 17.7 Å². The zero-order valence-corrected chi connectivity index (χ0v) is 30.1. The Morgan fingerprint density at radius 2 is 1.74 bits per heavy atom. The van der Waals surface area contributed by atoms with Crippen LogP contribution >= 0.6 is 11.8 Å². The molecule has 4 aliphatic heterocycles. The highest BCUT2D eigenvalue weighted by Gasteiger charge is 2.44. The highest BCUT2D eigenvalue weighted by atomic mass is 32.2. The molecule has 2 N–H and O–H groups in total. The van der Waals surface area contributed by atoms with Gasteiger partial charge in [-0.1, -0.05) is 11.8 Å². The van der Waals surface area contributed by atoms with Crippen molar-refractivity contribution in [3.05, 3.63) is 69.0 Å². The summed E-state index contributed by atoms with van der Waals surface area (Å²) in [5, 5.41) is 2.45. The van der Waals surface area contributed by atoms with Gasteiger partial charge < -0.3 is 14.6 Å². The number of benzene rings is 2. The van der Waals surface area contributed by atoms with Crippen molar-refractivity contribution in [3.8, 4) is 17.6 Å². The first-order valence-electron chi connectivity index (χ1n) is 17.8. The Kier molecular flexibility index (Phi) is 10.6. The number of H-pyrrole nitrogens is 1. The van der Waals surface area contributed by atoms with E-state index in [0.717, 1.165) is 43.7 Å². The molecule has 4 aliphatic rings. The Bertz CT molecular complexity index is 2110. The number of aromatic amines is 1. The van der Waals surface area contributed by atoms with Crippen molar-refractivity contribution in [1.82, 2.24) is 30.0 Å². The molecule has 0 aliphatic carbocycles. The van der Waals surface area contributed by atoms with Gasteiger partial charge >= 0.3 is 0 Å². The van der Waals surface area contributed by atoms with Crippen LogP contribution in [0.4, 0.5) is 4.39 Å². The molecular weight excluding hydrogens is 704 g/mol. The predicted molar refractivity (Wildman–Crippen MR) is 194 cm³/mol. The number of carbonyl (C=O) groups is 5. The molecule has 13 nitrogen and oxygen atoms in total. The van der Waals surface area contributed by atoms with Crippen LogP contribution in [0, 0.1) is 23.6 Å². The topological polar surface area (TPSA) is 162 Å². The average molecular weight is 743 g/mol. The number of aromatic nitrogens is 2. The van der Waals surface area contributed by atoms with Gasteiger partial charge in [-0.2, -0.15) is 11.8 Å². The van der Waals surface area contributed by atoms with Gasteiger partial charge in [-0.25, -0.2) is 9.37 Å².